The van der Waals surface area contributed by atoms with Crippen LogP contribution in [0.2, 0.25) is 0 Å². The molecule has 0 fully saturated rings. The third-order valence-corrected chi connectivity index (χ3v) is 2.22. The van der Waals surface area contributed by atoms with Gasteiger partial charge in [0.05, 0.1) is 6.61 Å². The highest BCUT2D eigenvalue weighted by atomic mass is 19.1. The maximum atomic E-state index is 13.5. The van der Waals surface area contributed by atoms with E-state index >= 15 is 0 Å². The number of rotatable bonds is 5. The Bertz CT molecular complexity index is 307. The minimum atomic E-state index is -1.18. The standard InChI is InChI=1S/C12H18FNO/c1-12(2,13)9-11-6-4-3-5-10(11)7-8-15-14/h3-6H,7-9,14H2,1-2H3. The van der Waals surface area contributed by atoms with Crippen LogP contribution in [0.15, 0.2) is 24.3 Å². The van der Waals surface area contributed by atoms with Crippen LogP contribution >= 0.6 is 0 Å². The first kappa shape index (κ1) is 12.1. The van der Waals surface area contributed by atoms with Gasteiger partial charge in [0.1, 0.15) is 5.67 Å². The summed E-state index contributed by atoms with van der Waals surface area (Å²) in [6, 6.07) is 7.81. The smallest absolute Gasteiger partial charge is 0.109 e. The fourth-order valence-electron chi connectivity index (χ4n) is 1.60. The molecule has 3 heteroatoms. The van der Waals surface area contributed by atoms with Gasteiger partial charge >= 0.3 is 0 Å². The van der Waals surface area contributed by atoms with Crippen molar-refractivity contribution < 1.29 is 9.23 Å². The zero-order chi connectivity index (χ0) is 11.3. The fraction of sp³-hybridized carbons (Fsp3) is 0.500. The van der Waals surface area contributed by atoms with Crippen LogP contribution in [0.4, 0.5) is 4.39 Å². The third-order valence-electron chi connectivity index (χ3n) is 2.22. The lowest BCUT2D eigenvalue weighted by Crippen LogP contribution is -2.17. The molecule has 1 rings (SSSR count). The van der Waals surface area contributed by atoms with E-state index in [1.807, 2.05) is 24.3 Å². The average molecular weight is 211 g/mol. The monoisotopic (exact) mass is 211 g/mol. The van der Waals surface area contributed by atoms with Crippen LogP contribution in [0.25, 0.3) is 0 Å². The van der Waals surface area contributed by atoms with E-state index in [4.69, 9.17) is 5.90 Å². The van der Waals surface area contributed by atoms with E-state index in [0.717, 1.165) is 17.5 Å². The number of hydrogen-bond acceptors (Lipinski definition) is 2. The molecule has 0 unspecified atom stereocenters. The second kappa shape index (κ2) is 5.24. The lowest BCUT2D eigenvalue weighted by Gasteiger charge is -2.16. The molecule has 2 nitrogen and oxygen atoms in total. The zero-order valence-electron chi connectivity index (χ0n) is 9.29. The summed E-state index contributed by atoms with van der Waals surface area (Å²) in [6.07, 6.45) is 1.15. The Hall–Kier alpha value is -0.930. The second-order valence-electron chi connectivity index (χ2n) is 4.28. The van der Waals surface area contributed by atoms with Gasteiger partial charge in [-0.15, -0.1) is 0 Å². The van der Waals surface area contributed by atoms with Crippen molar-refractivity contribution in [2.75, 3.05) is 6.61 Å². The van der Waals surface area contributed by atoms with Crippen LogP contribution in [0.3, 0.4) is 0 Å². The SMILES string of the molecule is CC(C)(F)Cc1ccccc1CCON. The van der Waals surface area contributed by atoms with Crippen molar-refractivity contribution in [1.29, 1.82) is 0 Å². The van der Waals surface area contributed by atoms with Crippen molar-refractivity contribution in [2.24, 2.45) is 5.90 Å². The predicted octanol–water partition coefficient (Wildman–Crippen LogP) is 2.41. The van der Waals surface area contributed by atoms with Gasteiger partial charge in [0.25, 0.3) is 0 Å². The van der Waals surface area contributed by atoms with Gasteiger partial charge in [-0.05, 0) is 31.4 Å². The van der Waals surface area contributed by atoms with Gasteiger partial charge < -0.3 is 4.84 Å². The quantitative estimate of drug-likeness (QED) is 0.759. The van der Waals surface area contributed by atoms with Gasteiger partial charge in [-0.3, -0.25) is 0 Å². The molecule has 0 saturated heterocycles. The van der Waals surface area contributed by atoms with Crippen LogP contribution in [-0.4, -0.2) is 12.3 Å². The number of halogens is 1. The molecule has 0 spiro atoms. The molecular formula is C12H18FNO. The van der Waals surface area contributed by atoms with E-state index in [-0.39, 0.29) is 0 Å². The van der Waals surface area contributed by atoms with Gasteiger partial charge in [0.2, 0.25) is 0 Å². The summed E-state index contributed by atoms with van der Waals surface area (Å²) >= 11 is 0. The molecule has 1 aromatic rings. The maximum Gasteiger partial charge on any atom is 0.109 e. The molecule has 0 amide bonds. The van der Waals surface area contributed by atoms with Crippen LogP contribution in [0, 0.1) is 0 Å². The molecule has 0 heterocycles. The first-order valence-corrected chi connectivity index (χ1v) is 5.10. The lowest BCUT2D eigenvalue weighted by molar-refractivity contribution is 0.141. The van der Waals surface area contributed by atoms with E-state index in [9.17, 15) is 4.39 Å². The molecule has 2 N–H and O–H groups in total. The minimum Gasteiger partial charge on any atom is -0.304 e. The van der Waals surface area contributed by atoms with Gasteiger partial charge in [0.15, 0.2) is 0 Å². The summed E-state index contributed by atoms with van der Waals surface area (Å²) < 4.78 is 13.5. The van der Waals surface area contributed by atoms with Gasteiger partial charge in [0, 0.05) is 6.42 Å². The molecule has 0 saturated carbocycles. The Kier molecular flexibility index (Phi) is 4.24. The van der Waals surface area contributed by atoms with Crippen LogP contribution in [-0.2, 0) is 17.7 Å². The molecule has 1 aromatic carbocycles. The lowest BCUT2D eigenvalue weighted by atomic mass is 9.95. The highest BCUT2D eigenvalue weighted by Gasteiger charge is 2.17. The molecule has 84 valence electrons. The van der Waals surface area contributed by atoms with Crippen LogP contribution < -0.4 is 5.90 Å². The highest BCUT2D eigenvalue weighted by molar-refractivity contribution is 5.28. The van der Waals surface area contributed by atoms with Crippen LogP contribution in [0.1, 0.15) is 25.0 Å². The van der Waals surface area contributed by atoms with Gasteiger partial charge in [-0.1, -0.05) is 24.3 Å². The van der Waals surface area contributed by atoms with E-state index in [0.29, 0.717) is 13.0 Å². The van der Waals surface area contributed by atoms with Crippen molar-refractivity contribution in [3.8, 4) is 0 Å². The number of alkyl halides is 1. The van der Waals surface area contributed by atoms with Crippen molar-refractivity contribution in [2.45, 2.75) is 32.4 Å². The summed E-state index contributed by atoms with van der Waals surface area (Å²) in [5.74, 6) is 4.98. The molecule has 0 aromatic heterocycles. The highest BCUT2D eigenvalue weighted by Crippen LogP contribution is 2.20. The zero-order valence-corrected chi connectivity index (χ0v) is 9.29. The first-order valence-electron chi connectivity index (χ1n) is 5.10. The molecular weight excluding hydrogens is 193 g/mol. The Labute approximate surface area is 90.2 Å². The third kappa shape index (κ3) is 4.40. The fourth-order valence-corrected chi connectivity index (χ4v) is 1.60. The average Bonchev–Trinajstić information content (AvgIpc) is 2.14. The Morgan fingerprint density at radius 1 is 1.27 bits per heavy atom. The van der Waals surface area contributed by atoms with E-state index < -0.39 is 5.67 Å². The Balaban J connectivity index is 2.77. The molecule has 0 radical (unpaired) electrons. The second-order valence-corrected chi connectivity index (χ2v) is 4.28. The topological polar surface area (TPSA) is 35.2 Å². The van der Waals surface area contributed by atoms with Gasteiger partial charge in [-0.25, -0.2) is 10.3 Å². The molecule has 0 aliphatic heterocycles. The van der Waals surface area contributed by atoms with Crippen molar-refractivity contribution in [1.82, 2.24) is 0 Å². The summed E-state index contributed by atoms with van der Waals surface area (Å²) in [6.45, 7) is 3.64. The largest absolute Gasteiger partial charge is 0.304 e. The number of nitrogens with two attached hydrogens (primary N) is 1. The predicted molar refractivity (Wildman–Crippen MR) is 59.2 cm³/mol. The van der Waals surface area contributed by atoms with E-state index in [1.165, 1.54) is 0 Å². The molecule has 0 aliphatic rings. The summed E-state index contributed by atoms with van der Waals surface area (Å²) in [5.41, 5.74) is 0.954. The van der Waals surface area contributed by atoms with E-state index in [2.05, 4.69) is 4.84 Å². The summed E-state index contributed by atoms with van der Waals surface area (Å²) in [4.78, 5) is 4.54. The van der Waals surface area contributed by atoms with Gasteiger partial charge in [-0.2, -0.15) is 0 Å². The van der Waals surface area contributed by atoms with Crippen LogP contribution in [0.5, 0.6) is 0 Å². The maximum absolute atomic E-state index is 13.5. The number of benzene rings is 1. The summed E-state index contributed by atoms with van der Waals surface area (Å²) in [7, 11) is 0. The molecule has 15 heavy (non-hydrogen) atoms. The molecule has 0 atom stereocenters. The van der Waals surface area contributed by atoms with Crippen molar-refractivity contribution in [3.63, 3.8) is 0 Å². The summed E-state index contributed by atoms with van der Waals surface area (Å²) in [5, 5.41) is 0. The van der Waals surface area contributed by atoms with E-state index in [1.54, 1.807) is 13.8 Å². The molecule has 0 bridgehead atoms. The normalized spacial score (nSPS) is 11.7. The Morgan fingerprint density at radius 3 is 2.40 bits per heavy atom. The number of hydrogen-bond donors (Lipinski definition) is 1. The first-order chi connectivity index (χ1) is 7.03. The Morgan fingerprint density at radius 2 is 1.87 bits per heavy atom. The molecule has 0 aliphatic carbocycles. The van der Waals surface area contributed by atoms with Crippen molar-refractivity contribution in [3.05, 3.63) is 35.4 Å². The minimum absolute atomic E-state index is 0.424. The van der Waals surface area contributed by atoms with Crippen molar-refractivity contribution >= 4 is 0 Å².